The number of rotatable bonds is 4. The van der Waals surface area contributed by atoms with Crippen LogP contribution in [0.1, 0.15) is 12.8 Å². The van der Waals surface area contributed by atoms with Crippen LogP contribution in [-0.2, 0) is 11.8 Å². The Morgan fingerprint density at radius 1 is 1.40 bits per heavy atom. The van der Waals surface area contributed by atoms with Crippen LogP contribution in [-0.4, -0.2) is 35.3 Å². The fraction of sp³-hybridized carbons (Fsp3) is 0.188. The molecule has 0 aliphatic carbocycles. The van der Waals surface area contributed by atoms with Gasteiger partial charge in [0.15, 0.2) is 17.1 Å². The summed E-state index contributed by atoms with van der Waals surface area (Å²) in [7, 11) is 1.78. The molecule has 0 unspecified atom stereocenters. The Balaban J connectivity index is 1.87. The molecule has 124 valence electrons. The number of nitrogens with one attached hydrogen (secondary N) is 1. The molecule has 1 N–H and O–H groups in total. The van der Waals surface area contributed by atoms with Crippen molar-refractivity contribution in [3.05, 3.63) is 24.6 Å². The van der Waals surface area contributed by atoms with Crippen LogP contribution < -0.4 is 5.32 Å². The summed E-state index contributed by atoms with van der Waals surface area (Å²) in [5, 5.41) is 12.1. The number of hydrogen-bond donors (Lipinski definition) is 1. The van der Waals surface area contributed by atoms with Crippen LogP contribution in [0, 0.1) is 12.3 Å². The lowest BCUT2D eigenvalue weighted by Gasteiger charge is -2.04. The molecule has 4 aromatic rings. The van der Waals surface area contributed by atoms with E-state index in [-0.39, 0.29) is 18.3 Å². The van der Waals surface area contributed by atoms with Crippen molar-refractivity contribution >= 4 is 28.5 Å². The van der Waals surface area contributed by atoms with E-state index >= 15 is 0 Å². The summed E-state index contributed by atoms with van der Waals surface area (Å²) in [4.78, 5) is 20.9. The molecular formula is C16H13N7O2. The lowest BCUT2D eigenvalue weighted by molar-refractivity contribution is -0.116. The molecule has 0 saturated carbocycles. The fourth-order valence-electron chi connectivity index (χ4n) is 2.46. The molecule has 0 aromatic carbocycles. The molecule has 25 heavy (non-hydrogen) atoms. The molecule has 0 aliphatic heterocycles. The first-order valence-corrected chi connectivity index (χ1v) is 7.53. The number of anilines is 1. The van der Waals surface area contributed by atoms with Crippen LogP contribution >= 0.6 is 0 Å². The van der Waals surface area contributed by atoms with Crippen molar-refractivity contribution in [3.63, 3.8) is 0 Å². The first-order valence-electron chi connectivity index (χ1n) is 7.53. The predicted octanol–water partition coefficient (Wildman–Crippen LogP) is 1.62. The van der Waals surface area contributed by atoms with Gasteiger partial charge in [0.2, 0.25) is 17.7 Å². The summed E-state index contributed by atoms with van der Waals surface area (Å²) < 4.78 is 8.45. The Labute approximate surface area is 141 Å². The third-order valence-electron chi connectivity index (χ3n) is 3.56. The fourth-order valence-corrected chi connectivity index (χ4v) is 2.46. The van der Waals surface area contributed by atoms with E-state index in [1.807, 2.05) is 0 Å². The van der Waals surface area contributed by atoms with Gasteiger partial charge in [-0.3, -0.25) is 14.8 Å². The molecular weight excluding hydrogens is 322 g/mol. The Kier molecular flexibility index (Phi) is 3.43. The van der Waals surface area contributed by atoms with E-state index in [2.05, 4.69) is 31.4 Å². The van der Waals surface area contributed by atoms with Gasteiger partial charge in [-0.15, -0.1) is 17.4 Å². The van der Waals surface area contributed by atoms with Crippen molar-refractivity contribution in [1.82, 2.24) is 29.4 Å². The molecule has 0 radical (unpaired) electrons. The largest absolute Gasteiger partial charge is 0.461 e. The van der Waals surface area contributed by atoms with E-state index in [1.165, 1.54) is 4.52 Å². The van der Waals surface area contributed by atoms with Crippen molar-refractivity contribution in [3.8, 4) is 23.9 Å². The lowest BCUT2D eigenvalue weighted by atomic mass is 10.3. The highest BCUT2D eigenvalue weighted by Crippen LogP contribution is 2.23. The molecule has 0 spiro atoms. The van der Waals surface area contributed by atoms with Crippen molar-refractivity contribution < 1.29 is 9.21 Å². The second kappa shape index (κ2) is 5.76. The molecule has 0 atom stereocenters. The third-order valence-corrected chi connectivity index (χ3v) is 3.56. The van der Waals surface area contributed by atoms with Crippen LogP contribution in [0.25, 0.3) is 28.3 Å². The highest BCUT2D eigenvalue weighted by molar-refractivity contribution is 5.94. The van der Waals surface area contributed by atoms with Crippen molar-refractivity contribution in [2.45, 2.75) is 12.8 Å². The number of carbonyl (C=O) groups excluding carboxylic acids is 1. The van der Waals surface area contributed by atoms with E-state index in [1.54, 1.807) is 36.3 Å². The number of terminal acetylenes is 1. The molecule has 4 aromatic heterocycles. The standard InChI is InChI=1S/C16H13N7O2/c1-3-4-7-12(24)17-16-19-13-10(9-22(2)20-13)15-18-14(21-23(15)16)11-6-5-8-25-11/h1,5-6,8-9H,4,7H2,2H3,(H,17,19,20,24). The topological polar surface area (TPSA) is 103 Å². The van der Waals surface area contributed by atoms with Crippen LogP contribution in [0.3, 0.4) is 0 Å². The van der Waals surface area contributed by atoms with E-state index in [9.17, 15) is 4.79 Å². The molecule has 0 saturated heterocycles. The van der Waals surface area contributed by atoms with E-state index < -0.39 is 0 Å². The Morgan fingerprint density at radius 3 is 3.04 bits per heavy atom. The molecule has 9 heteroatoms. The van der Waals surface area contributed by atoms with Crippen LogP contribution in [0.4, 0.5) is 5.95 Å². The van der Waals surface area contributed by atoms with Crippen molar-refractivity contribution in [1.29, 1.82) is 0 Å². The number of nitrogens with zero attached hydrogens (tertiary/aromatic N) is 6. The van der Waals surface area contributed by atoms with Crippen molar-refractivity contribution in [2.24, 2.45) is 7.05 Å². The number of hydrogen-bond acceptors (Lipinski definition) is 6. The predicted molar refractivity (Wildman–Crippen MR) is 89.5 cm³/mol. The first kappa shape index (κ1) is 14.9. The van der Waals surface area contributed by atoms with Gasteiger partial charge in [-0.1, -0.05) is 0 Å². The van der Waals surface area contributed by atoms with Gasteiger partial charge in [0.05, 0.1) is 11.6 Å². The number of carbonyl (C=O) groups is 1. The SMILES string of the molecule is C#CCCC(=O)Nc1nc2nn(C)cc2c2nc(-c3ccco3)nn12. The van der Waals surface area contributed by atoms with Gasteiger partial charge in [0.25, 0.3) is 0 Å². The van der Waals surface area contributed by atoms with Crippen LogP contribution in [0.2, 0.25) is 0 Å². The summed E-state index contributed by atoms with van der Waals surface area (Å²) in [5.41, 5.74) is 0.984. The Morgan fingerprint density at radius 2 is 2.28 bits per heavy atom. The second-order valence-electron chi connectivity index (χ2n) is 5.38. The molecule has 0 bridgehead atoms. The number of aromatic nitrogens is 6. The van der Waals surface area contributed by atoms with Crippen LogP contribution in [0.15, 0.2) is 29.0 Å². The van der Waals surface area contributed by atoms with E-state index in [4.69, 9.17) is 10.8 Å². The summed E-state index contributed by atoms with van der Waals surface area (Å²) >= 11 is 0. The minimum Gasteiger partial charge on any atom is -0.461 e. The highest BCUT2D eigenvalue weighted by Gasteiger charge is 2.18. The summed E-state index contributed by atoms with van der Waals surface area (Å²) in [6.45, 7) is 0. The Bertz CT molecular complexity index is 1120. The Hall–Kier alpha value is -3.67. The molecule has 9 nitrogen and oxygen atoms in total. The number of fused-ring (bicyclic) bond motifs is 3. The number of amides is 1. The van der Waals surface area contributed by atoms with E-state index in [0.717, 1.165) is 5.39 Å². The maximum Gasteiger partial charge on any atom is 0.234 e. The average Bonchev–Trinajstić information content (AvgIpc) is 3.30. The van der Waals surface area contributed by atoms with Gasteiger partial charge < -0.3 is 4.42 Å². The molecule has 0 fully saturated rings. The molecule has 4 rings (SSSR count). The normalized spacial score (nSPS) is 11.0. The van der Waals surface area contributed by atoms with Gasteiger partial charge in [-0.25, -0.2) is 4.98 Å². The van der Waals surface area contributed by atoms with Crippen molar-refractivity contribution in [2.75, 3.05) is 5.32 Å². The summed E-state index contributed by atoms with van der Waals surface area (Å²) in [6.07, 6.45) is 9.07. The van der Waals surface area contributed by atoms with Gasteiger partial charge in [0.1, 0.15) is 0 Å². The first-order chi connectivity index (χ1) is 12.2. The van der Waals surface area contributed by atoms with Gasteiger partial charge in [-0.05, 0) is 12.1 Å². The molecule has 1 amide bonds. The second-order valence-corrected chi connectivity index (χ2v) is 5.38. The van der Waals surface area contributed by atoms with E-state index in [0.29, 0.717) is 29.3 Å². The average molecular weight is 335 g/mol. The minimum absolute atomic E-state index is 0.194. The zero-order valence-corrected chi connectivity index (χ0v) is 13.3. The summed E-state index contributed by atoms with van der Waals surface area (Å²) in [5.74, 6) is 3.32. The van der Waals surface area contributed by atoms with Gasteiger partial charge in [0, 0.05) is 26.1 Å². The quantitative estimate of drug-likeness (QED) is 0.569. The minimum atomic E-state index is -0.253. The number of aryl methyl sites for hydroxylation is 1. The number of furan rings is 1. The monoisotopic (exact) mass is 335 g/mol. The smallest absolute Gasteiger partial charge is 0.234 e. The highest BCUT2D eigenvalue weighted by atomic mass is 16.3. The zero-order valence-electron chi connectivity index (χ0n) is 13.3. The third kappa shape index (κ3) is 2.59. The van der Waals surface area contributed by atoms with Gasteiger partial charge in [-0.2, -0.15) is 14.6 Å². The maximum atomic E-state index is 12.0. The molecule has 4 heterocycles. The lowest BCUT2D eigenvalue weighted by Crippen LogP contribution is -2.15. The maximum absolute atomic E-state index is 12.0. The summed E-state index contributed by atoms with van der Waals surface area (Å²) in [6, 6.07) is 3.51. The zero-order chi connectivity index (χ0) is 17.4. The van der Waals surface area contributed by atoms with Gasteiger partial charge >= 0.3 is 0 Å². The van der Waals surface area contributed by atoms with Crippen LogP contribution in [0.5, 0.6) is 0 Å². The molecule has 0 aliphatic rings.